The molecule has 3 rings (SSSR count). The maximum absolute atomic E-state index is 13.3. The molecule has 7 nitrogen and oxygen atoms in total. The van der Waals surface area contributed by atoms with E-state index in [0.717, 1.165) is 5.56 Å². The van der Waals surface area contributed by atoms with Crippen LogP contribution in [0.1, 0.15) is 20.8 Å². The number of benzene rings is 1. The number of primary amides is 1. The molecule has 1 aromatic carbocycles. The lowest BCUT2D eigenvalue weighted by Gasteiger charge is -2.24. The van der Waals surface area contributed by atoms with Crippen molar-refractivity contribution in [1.29, 1.82) is 0 Å². The molecule has 0 radical (unpaired) electrons. The number of hydrogen-bond donors (Lipinski definition) is 1. The van der Waals surface area contributed by atoms with Crippen LogP contribution < -0.4 is 10.5 Å². The first-order valence-electron chi connectivity index (χ1n) is 7.90. The lowest BCUT2D eigenvalue weighted by atomic mass is 10.0. The molecule has 0 spiro atoms. The topological polar surface area (TPSA) is 95.9 Å². The monoisotopic (exact) mass is 355 g/mol. The van der Waals surface area contributed by atoms with Crippen LogP contribution in [0.2, 0.25) is 0 Å². The maximum Gasteiger partial charge on any atom is 0.412 e. The smallest absolute Gasteiger partial charge is 0.374 e. The van der Waals surface area contributed by atoms with Crippen molar-refractivity contribution in [2.75, 3.05) is 0 Å². The van der Waals surface area contributed by atoms with Gasteiger partial charge in [-0.2, -0.15) is 4.98 Å². The Balaban J connectivity index is 2.19. The summed E-state index contributed by atoms with van der Waals surface area (Å²) in [7, 11) is 0. The Morgan fingerprint density at radius 3 is 2.46 bits per heavy atom. The van der Waals surface area contributed by atoms with Gasteiger partial charge in [0.15, 0.2) is 0 Å². The fourth-order valence-corrected chi connectivity index (χ4v) is 2.53. The van der Waals surface area contributed by atoms with Crippen LogP contribution in [-0.2, 0) is 5.54 Å². The molecule has 3 aromatic rings. The van der Waals surface area contributed by atoms with Gasteiger partial charge < -0.3 is 15.0 Å². The van der Waals surface area contributed by atoms with Gasteiger partial charge in [0.2, 0.25) is 0 Å². The number of rotatable bonds is 3. The molecule has 0 saturated heterocycles. The van der Waals surface area contributed by atoms with Crippen LogP contribution in [0, 0.1) is 5.82 Å². The van der Waals surface area contributed by atoms with Crippen molar-refractivity contribution in [2.45, 2.75) is 26.3 Å². The molecule has 0 bridgehead atoms. The Bertz CT molecular complexity index is 945. The highest BCUT2D eigenvalue weighted by molar-refractivity contribution is 5.77. The van der Waals surface area contributed by atoms with Gasteiger partial charge in [-0.3, -0.25) is 0 Å². The average Bonchev–Trinajstić information content (AvgIpc) is 3.00. The first kappa shape index (κ1) is 17.5. The number of carbonyl (C=O) groups is 1. The summed E-state index contributed by atoms with van der Waals surface area (Å²) >= 11 is 0. The number of aromatic nitrogens is 4. The minimum absolute atomic E-state index is 0.151. The Hall–Kier alpha value is -3.29. The van der Waals surface area contributed by atoms with Crippen LogP contribution in [-0.4, -0.2) is 25.6 Å². The van der Waals surface area contributed by atoms with E-state index in [-0.39, 0.29) is 17.4 Å². The fourth-order valence-electron chi connectivity index (χ4n) is 2.53. The van der Waals surface area contributed by atoms with Gasteiger partial charge >= 0.3 is 12.1 Å². The van der Waals surface area contributed by atoms with Gasteiger partial charge in [-0.25, -0.2) is 19.2 Å². The Labute approximate surface area is 149 Å². The van der Waals surface area contributed by atoms with Gasteiger partial charge in [0.1, 0.15) is 5.82 Å². The minimum Gasteiger partial charge on any atom is -0.374 e. The Morgan fingerprint density at radius 1 is 1.15 bits per heavy atom. The average molecular weight is 355 g/mol. The van der Waals surface area contributed by atoms with Crippen LogP contribution >= 0.6 is 0 Å². The van der Waals surface area contributed by atoms with E-state index in [2.05, 4.69) is 15.0 Å². The van der Waals surface area contributed by atoms with Crippen LogP contribution in [0.5, 0.6) is 6.01 Å². The zero-order valence-electron chi connectivity index (χ0n) is 14.6. The van der Waals surface area contributed by atoms with Crippen LogP contribution in [0.3, 0.4) is 0 Å². The normalized spacial score (nSPS) is 11.4. The van der Waals surface area contributed by atoms with E-state index >= 15 is 0 Å². The van der Waals surface area contributed by atoms with Crippen LogP contribution in [0.15, 0.2) is 42.9 Å². The third-order valence-electron chi connectivity index (χ3n) is 3.68. The number of carbonyl (C=O) groups excluding carboxylic acids is 1. The van der Waals surface area contributed by atoms with Gasteiger partial charge in [-0.05, 0) is 51.1 Å². The van der Waals surface area contributed by atoms with Gasteiger partial charge in [0.25, 0.3) is 0 Å². The first-order chi connectivity index (χ1) is 12.3. The maximum atomic E-state index is 13.3. The molecule has 0 aliphatic carbocycles. The predicted octanol–water partition coefficient (Wildman–Crippen LogP) is 3.36. The quantitative estimate of drug-likeness (QED) is 0.777. The molecule has 8 heteroatoms. The number of hydrogen-bond acceptors (Lipinski definition) is 5. The number of halogens is 1. The summed E-state index contributed by atoms with van der Waals surface area (Å²) in [4.78, 5) is 23.6. The zero-order chi connectivity index (χ0) is 18.9. The minimum atomic E-state index is -0.995. The predicted molar refractivity (Wildman–Crippen MR) is 93.9 cm³/mol. The van der Waals surface area contributed by atoms with Crippen LogP contribution in [0.4, 0.5) is 9.18 Å². The first-order valence-corrected chi connectivity index (χ1v) is 7.90. The summed E-state index contributed by atoms with van der Waals surface area (Å²) in [5, 5.41) is 0. The molecule has 0 aliphatic heterocycles. The van der Waals surface area contributed by atoms with Crippen molar-refractivity contribution in [1.82, 2.24) is 19.5 Å². The number of imidazole rings is 1. The van der Waals surface area contributed by atoms with E-state index in [1.54, 1.807) is 24.5 Å². The highest BCUT2D eigenvalue weighted by Gasteiger charge is 2.24. The third-order valence-corrected chi connectivity index (χ3v) is 3.68. The SMILES string of the molecule is CC(C)(C)n1cnc(-c2ccc(F)cc2)c1-c1ccnc(OC(N)=O)n1. The molecule has 0 aliphatic rings. The van der Waals surface area contributed by atoms with Crippen LogP contribution in [0.25, 0.3) is 22.6 Å². The largest absolute Gasteiger partial charge is 0.412 e. The molecule has 2 N–H and O–H groups in total. The number of nitrogens with two attached hydrogens (primary N) is 1. The molecular formula is C18H18FN5O2. The molecule has 1 amide bonds. The van der Waals surface area contributed by atoms with E-state index in [9.17, 15) is 9.18 Å². The van der Waals surface area contributed by atoms with Gasteiger partial charge in [0.05, 0.1) is 23.4 Å². The summed E-state index contributed by atoms with van der Waals surface area (Å²) < 4.78 is 20.0. The summed E-state index contributed by atoms with van der Waals surface area (Å²) in [6, 6.07) is 7.57. The second kappa shape index (κ2) is 6.55. The third kappa shape index (κ3) is 3.53. The van der Waals surface area contributed by atoms with E-state index in [1.807, 2.05) is 25.3 Å². The van der Waals surface area contributed by atoms with Crippen molar-refractivity contribution in [2.24, 2.45) is 5.73 Å². The Kier molecular flexibility index (Phi) is 4.41. The summed E-state index contributed by atoms with van der Waals surface area (Å²) in [5.74, 6) is -0.329. The van der Waals surface area contributed by atoms with Crippen molar-refractivity contribution in [3.63, 3.8) is 0 Å². The van der Waals surface area contributed by atoms with E-state index in [0.29, 0.717) is 17.1 Å². The summed E-state index contributed by atoms with van der Waals surface area (Å²) in [6.07, 6.45) is 2.17. The molecule has 0 unspecified atom stereocenters. The number of ether oxygens (including phenoxy) is 1. The molecule has 2 heterocycles. The van der Waals surface area contributed by atoms with E-state index in [4.69, 9.17) is 10.5 Å². The lowest BCUT2D eigenvalue weighted by Crippen LogP contribution is -2.22. The van der Waals surface area contributed by atoms with E-state index in [1.165, 1.54) is 18.3 Å². The van der Waals surface area contributed by atoms with Crippen molar-refractivity contribution in [3.05, 3.63) is 48.7 Å². The van der Waals surface area contributed by atoms with Crippen molar-refractivity contribution in [3.8, 4) is 28.7 Å². The molecule has 0 saturated carbocycles. The van der Waals surface area contributed by atoms with Crippen molar-refractivity contribution >= 4 is 6.09 Å². The number of amides is 1. The standard InChI is InChI=1S/C18H18FN5O2/c1-18(2,3)24-10-22-14(11-4-6-12(19)7-5-11)15(24)13-8-9-21-17(23-13)26-16(20)25/h4-10H,1-3H3,(H2,20,25). The van der Waals surface area contributed by atoms with Gasteiger partial charge in [0, 0.05) is 17.3 Å². The molecule has 0 fully saturated rings. The molecular weight excluding hydrogens is 337 g/mol. The highest BCUT2D eigenvalue weighted by Crippen LogP contribution is 2.34. The summed E-state index contributed by atoms with van der Waals surface area (Å²) in [5.41, 5.74) is 7.30. The molecule has 26 heavy (non-hydrogen) atoms. The van der Waals surface area contributed by atoms with Crippen molar-refractivity contribution < 1.29 is 13.9 Å². The molecule has 0 atom stereocenters. The zero-order valence-corrected chi connectivity index (χ0v) is 14.6. The lowest BCUT2D eigenvalue weighted by molar-refractivity contribution is 0.207. The van der Waals surface area contributed by atoms with E-state index < -0.39 is 6.09 Å². The number of nitrogens with zero attached hydrogens (tertiary/aromatic N) is 4. The molecule has 2 aromatic heterocycles. The van der Waals surface area contributed by atoms with Gasteiger partial charge in [-0.1, -0.05) is 0 Å². The van der Waals surface area contributed by atoms with Gasteiger partial charge in [-0.15, -0.1) is 0 Å². The molecule has 134 valence electrons. The fraction of sp³-hybridized carbons (Fsp3) is 0.222. The summed E-state index contributed by atoms with van der Waals surface area (Å²) in [6.45, 7) is 6.07. The second-order valence-electron chi connectivity index (χ2n) is 6.64. The second-order valence-corrected chi connectivity index (χ2v) is 6.64. The highest BCUT2D eigenvalue weighted by atomic mass is 19.1. The Morgan fingerprint density at radius 2 is 1.85 bits per heavy atom.